The highest BCUT2D eigenvalue weighted by molar-refractivity contribution is 7.99. The van der Waals surface area contributed by atoms with Crippen molar-refractivity contribution in [2.45, 2.75) is 30.7 Å². The summed E-state index contributed by atoms with van der Waals surface area (Å²) in [6, 6.07) is 5.39. The predicted octanol–water partition coefficient (Wildman–Crippen LogP) is 3.55. The first-order chi connectivity index (χ1) is 12.1. The maximum atomic E-state index is 5.73. The van der Waals surface area contributed by atoms with Gasteiger partial charge in [-0.25, -0.2) is 0 Å². The summed E-state index contributed by atoms with van der Waals surface area (Å²) < 4.78 is 21.5. The Morgan fingerprint density at radius 1 is 1.12 bits per heavy atom. The molecule has 0 saturated carbocycles. The summed E-state index contributed by atoms with van der Waals surface area (Å²) in [5.41, 5.74) is 0.717. The van der Waals surface area contributed by atoms with Crippen molar-refractivity contribution < 1.29 is 18.4 Å². The van der Waals surface area contributed by atoms with Gasteiger partial charge in [-0.05, 0) is 19.1 Å². The second-order valence-corrected chi connectivity index (χ2v) is 6.43. The Bertz CT molecular complexity index is 826. The average molecular weight is 362 g/mol. The van der Waals surface area contributed by atoms with Crippen molar-refractivity contribution in [1.29, 1.82) is 0 Å². The third-order valence-electron chi connectivity index (χ3n) is 3.43. The van der Waals surface area contributed by atoms with Gasteiger partial charge in [0.2, 0.25) is 11.8 Å². The van der Waals surface area contributed by atoms with Crippen LogP contribution in [0, 0.1) is 0 Å². The summed E-state index contributed by atoms with van der Waals surface area (Å²) in [6.45, 7) is 3.91. The highest BCUT2D eigenvalue weighted by Crippen LogP contribution is 2.35. The molecular formula is C16H18N4O4S. The average Bonchev–Trinajstić information content (AvgIpc) is 3.30. The lowest BCUT2D eigenvalue weighted by Crippen LogP contribution is -1.90. The van der Waals surface area contributed by atoms with Crippen molar-refractivity contribution in [3.63, 3.8) is 0 Å². The fraction of sp³-hybridized carbons (Fsp3) is 0.375. The molecule has 9 heteroatoms. The third-order valence-corrected chi connectivity index (χ3v) is 4.35. The SMILES string of the molecule is CCc1noc(C(C)Sc2nnc(-c3cc(OC)cc(OC)c3)o2)n1. The minimum absolute atomic E-state index is 0.0963. The largest absolute Gasteiger partial charge is 0.497 e. The minimum atomic E-state index is -0.0963. The Morgan fingerprint density at radius 2 is 1.84 bits per heavy atom. The topological polar surface area (TPSA) is 96.3 Å². The zero-order valence-corrected chi connectivity index (χ0v) is 15.2. The summed E-state index contributed by atoms with van der Waals surface area (Å²) in [7, 11) is 3.18. The molecule has 0 amide bonds. The Morgan fingerprint density at radius 3 is 2.44 bits per heavy atom. The number of hydrogen-bond donors (Lipinski definition) is 0. The Labute approximate surface area is 148 Å². The summed E-state index contributed by atoms with van der Waals surface area (Å²) in [6.07, 6.45) is 0.725. The first kappa shape index (κ1) is 17.3. The molecule has 0 aliphatic heterocycles. The fourth-order valence-corrected chi connectivity index (χ4v) is 2.80. The number of hydrogen-bond acceptors (Lipinski definition) is 9. The van der Waals surface area contributed by atoms with E-state index in [0.29, 0.717) is 39.9 Å². The zero-order chi connectivity index (χ0) is 17.8. The van der Waals surface area contributed by atoms with Crippen LogP contribution in [0.2, 0.25) is 0 Å². The van der Waals surface area contributed by atoms with Crippen molar-refractivity contribution in [3.05, 3.63) is 29.9 Å². The van der Waals surface area contributed by atoms with Crippen molar-refractivity contribution in [3.8, 4) is 23.0 Å². The molecule has 0 aliphatic carbocycles. The van der Waals surface area contributed by atoms with Crippen molar-refractivity contribution >= 4 is 11.8 Å². The zero-order valence-electron chi connectivity index (χ0n) is 14.3. The molecule has 0 saturated heterocycles. The fourth-order valence-electron chi connectivity index (χ4n) is 2.08. The van der Waals surface area contributed by atoms with E-state index < -0.39 is 0 Å². The number of ether oxygens (including phenoxy) is 2. The first-order valence-electron chi connectivity index (χ1n) is 7.69. The van der Waals surface area contributed by atoms with Crippen LogP contribution in [0.4, 0.5) is 0 Å². The Kier molecular flexibility index (Phi) is 5.22. The maximum Gasteiger partial charge on any atom is 0.277 e. The molecule has 0 N–H and O–H groups in total. The molecular weight excluding hydrogens is 344 g/mol. The number of aryl methyl sites for hydroxylation is 1. The minimum Gasteiger partial charge on any atom is -0.497 e. The van der Waals surface area contributed by atoms with Crippen LogP contribution >= 0.6 is 11.8 Å². The van der Waals surface area contributed by atoms with E-state index in [2.05, 4.69) is 20.3 Å². The van der Waals surface area contributed by atoms with Gasteiger partial charge in [-0.3, -0.25) is 0 Å². The third kappa shape index (κ3) is 3.93. The van der Waals surface area contributed by atoms with E-state index in [9.17, 15) is 0 Å². The van der Waals surface area contributed by atoms with Crippen molar-refractivity contribution in [1.82, 2.24) is 20.3 Å². The molecule has 2 aromatic heterocycles. The second kappa shape index (κ2) is 7.56. The normalized spacial score (nSPS) is 12.2. The van der Waals surface area contributed by atoms with Gasteiger partial charge in [0.25, 0.3) is 5.22 Å². The molecule has 0 bridgehead atoms. The molecule has 3 rings (SSSR count). The predicted molar refractivity (Wildman–Crippen MR) is 90.8 cm³/mol. The van der Waals surface area contributed by atoms with Crippen LogP contribution in [0.3, 0.4) is 0 Å². The first-order valence-corrected chi connectivity index (χ1v) is 8.57. The lowest BCUT2D eigenvalue weighted by atomic mass is 10.2. The van der Waals surface area contributed by atoms with Gasteiger partial charge in [0.05, 0.1) is 19.5 Å². The van der Waals surface area contributed by atoms with Gasteiger partial charge in [0.15, 0.2) is 5.82 Å². The molecule has 1 aromatic carbocycles. The van der Waals surface area contributed by atoms with Crippen LogP contribution in [-0.2, 0) is 6.42 Å². The number of rotatable bonds is 7. The lowest BCUT2D eigenvalue weighted by molar-refractivity contribution is 0.374. The number of benzene rings is 1. The van der Waals surface area contributed by atoms with Gasteiger partial charge in [0, 0.05) is 18.1 Å². The molecule has 0 spiro atoms. The Hall–Kier alpha value is -2.55. The number of nitrogens with zero attached hydrogens (tertiary/aromatic N) is 4. The van der Waals surface area contributed by atoms with E-state index in [1.54, 1.807) is 32.4 Å². The summed E-state index contributed by atoms with van der Waals surface area (Å²) in [4.78, 5) is 4.31. The summed E-state index contributed by atoms with van der Waals surface area (Å²) in [5, 5.41) is 12.4. The summed E-state index contributed by atoms with van der Waals surface area (Å²) >= 11 is 1.36. The van der Waals surface area contributed by atoms with E-state index in [4.69, 9.17) is 18.4 Å². The Balaban J connectivity index is 1.78. The molecule has 1 unspecified atom stereocenters. The van der Waals surface area contributed by atoms with Crippen LogP contribution in [0.25, 0.3) is 11.5 Å². The molecule has 2 heterocycles. The molecule has 0 aliphatic rings. The van der Waals surface area contributed by atoms with Crippen molar-refractivity contribution in [2.75, 3.05) is 14.2 Å². The number of methoxy groups -OCH3 is 2. The highest BCUT2D eigenvalue weighted by Gasteiger charge is 2.19. The van der Waals surface area contributed by atoms with Gasteiger partial charge in [-0.15, -0.1) is 10.2 Å². The van der Waals surface area contributed by atoms with Crippen LogP contribution in [0.15, 0.2) is 32.4 Å². The molecule has 8 nitrogen and oxygen atoms in total. The van der Waals surface area contributed by atoms with Gasteiger partial charge in [-0.2, -0.15) is 4.98 Å². The summed E-state index contributed by atoms with van der Waals surface area (Å²) in [5.74, 6) is 2.88. The molecule has 132 valence electrons. The quantitative estimate of drug-likeness (QED) is 0.584. The van der Waals surface area contributed by atoms with E-state index >= 15 is 0 Å². The van der Waals surface area contributed by atoms with Crippen LogP contribution in [0.1, 0.15) is 30.8 Å². The van der Waals surface area contributed by atoms with Crippen LogP contribution in [-0.4, -0.2) is 34.6 Å². The van der Waals surface area contributed by atoms with E-state index in [0.717, 1.165) is 6.42 Å². The van der Waals surface area contributed by atoms with E-state index in [-0.39, 0.29) is 5.25 Å². The molecule has 1 atom stereocenters. The molecule has 0 radical (unpaired) electrons. The van der Waals surface area contributed by atoms with Gasteiger partial charge in [0.1, 0.15) is 11.5 Å². The number of aromatic nitrogens is 4. The van der Waals surface area contributed by atoms with Gasteiger partial charge < -0.3 is 18.4 Å². The van der Waals surface area contributed by atoms with Crippen molar-refractivity contribution in [2.24, 2.45) is 0 Å². The standard InChI is InChI=1S/C16H18N4O4S/c1-5-13-17-14(24-20-13)9(2)25-16-19-18-15(23-16)10-6-11(21-3)8-12(7-10)22-4/h6-9H,5H2,1-4H3. The number of thioether (sulfide) groups is 1. The van der Waals surface area contributed by atoms with Crippen LogP contribution < -0.4 is 9.47 Å². The molecule has 25 heavy (non-hydrogen) atoms. The molecule has 0 fully saturated rings. The second-order valence-electron chi connectivity index (χ2n) is 5.14. The maximum absolute atomic E-state index is 5.73. The molecule has 3 aromatic rings. The van der Waals surface area contributed by atoms with E-state index in [1.807, 2.05) is 13.8 Å². The van der Waals surface area contributed by atoms with Gasteiger partial charge >= 0.3 is 0 Å². The lowest BCUT2D eigenvalue weighted by Gasteiger charge is -2.05. The monoisotopic (exact) mass is 362 g/mol. The van der Waals surface area contributed by atoms with Crippen LogP contribution in [0.5, 0.6) is 11.5 Å². The van der Waals surface area contributed by atoms with E-state index in [1.165, 1.54) is 11.8 Å². The van der Waals surface area contributed by atoms with Gasteiger partial charge in [-0.1, -0.05) is 23.8 Å². The smallest absolute Gasteiger partial charge is 0.277 e. The highest BCUT2D eigenvalue weighted by atomic mass is 32.2.